The number of ether oxygens (including phenoxy) is 1. The van der Waals surface area contributed by atoms with Gasteiger partial charge in [-0.05, 0) is 62.7 Å². The number of aliphatic hydroxyl groups is 1. The highest BCUT2D eigenvalue weighted by Gasteiger charge is 2.34. The lowest BCUT2D eigenvalue weighted by atomic mass is 9.88. The summed E-state index contributed by atoms with van der Waals surface area (Å²) in [6.45, 7) is 4.78. The zero-order chi connectivity index (χ0) is 29.7. The Balaban J connectivity index is 1.53. The lowest BCUT2D eigenvalue weighted by Gasteiger charge is -2.38. The molecular formula is C31H40F3N3O4. The Morgan fingerprint density at radius 3 is 2.46 bits per heavy atom. The molecule has 10 heteroatoms. The minimum atomic E-state index is -4.38. The fourth-order valence-corrected chi connectivity index (χ4v) is 5.61. The predicted molar refractivity (Wildman–Crippen MR) is 151 cm³/mol. The number of benzene rings is 2. The summed E-state index contributed by atoms with van der Waals surface area (Å²) < 4.78 is 45.3. The minimum absolute atomic E-state index is 0.0333. The number of alkyl halides is 3. The summed E-state index contributed by atoms with van der Waals surface area (Å²) in [7, 11) is 1.87. The number of nitrogens with one attached hydrogen (secondary N) is 1. The van der Waals surface area contributed by atoms with Gasteiger partial charge >= 0.3 is 6.18 Å². The molecule has 1 saturated carbocycles. The quantitative estimate of drug-likeness (QED) is 0.430. The Labute approximate surface area is 239 Å². The molecule has 7 nitrogen and oxygen atoms in total. The van der Waals surface area contributed by atoms with Crippen LogP contribution in [0.4, 0.5) is 18.9 Å². The van der Waals surface area contributed by atoms with Crippen molar-refractivity contribution in [1.82, 2.24) is 9.80 Å². The number of rotatable bonds is 8. The van der Waals surface area contributed by atoms with Crippen LogP contribution >= 0.6 is 0 Å². The van der Waals surface area contributed by atoms with Gasteiger partial charge in [0, 0.05) is 37.2 Å². The number of aliphatic hydroxyl groups excluding tert-OH is 1. The second kappa shape index (κ2) is 13.2. The van der Waals surface area contributed by atoms with Gasteiger partial charge in [0.1, 0.15) is 11.9 Å². The fraction of sp³-hybridized carbons (Fsp3) is 0.548. The SMILES string of the molecule is C[C@@H]1CN([C@@H](C)CO)C(=O)c2cc(NC(=O)C3CCCCC3)ccc2O[C@@H]1CN(C)Cc1ccc(C(F)(F)F)cc1. The van der Waals surface area contributed by atoms with E-state index in [1.807, 2.05) is 18.9 Å². The van der Waals surface area contributed by atoms with Gasteiger partial charge in [-0.25, -0.2) is 0 Å². The van der Waals surface area contributed by atoms with E-state index >= 15 is 0 Å². The standard InChI is InChI=1S/C31H40F3N3O4/c1-20-16-37(21(2)19-38)30(40)26-15-25(35-29(39)23-7-5-4-6-8-23)13-14-27(26)41-28(20)18-36(3)17-22-9-11-24(12-10-22)31(32,33)34/h9-15,20-21,23,28,38H,4-8,16-19H2,1-3H3,(H,35,39)/t20-,21+,28-/m1/s1. The van der Waals surface area contributed by atoms with Crippen LogP contribution in [0, 0.1) is 11.8 Å². The summed E-state index contributed by atoms with van der Waals surface area (Å²) in [4.78, 5) is 30.2. The number of likely N-dealkylation sites (N-methyl/N-ethyl adjacent to an activating group) is 1. The Bertz CT molecular complexity index is 1200. The molecule has 1 aliphatic heterocycles. The molecule has 0 aromatic heterocycles. The van der Waals surface area contributed by atoms with E-state index in [-0.39, 0.29) is 36.4 Å². The average molecular weight is 576 g/mol. The van der Waals surface area contributed by atoms with E-state index in [0.717, 1.165) is 49.8 Å². The zero-order valence-electron chi connectivity index (χ0n) is 23.9. The first kappa shape index (κ1) is 30.8. The molecule has 0 bridgehead atoms. The molecule has 1 heterocycles. The van der Waals surface area contributed by atoms with Crippen molar-refractivity contribution in [2.24, 2.45) is 11.8 Å². The normalized spacial score (nSPS) is 21.1. The van der Waals surface area contributed by atoms with Crippen LogP contribution in [0.15, 0.2) is 42.5 Å². The summed E-state index contributed by atoms with van der Waals surface area (Å²) >= 11 is 0. The van der Waals surface area contributed by atoms with Crippen LogP contribution in [0.25, 0.3) is 0 Å². The van der Waals surface area contributed by atoms with Crippen molar-refractivity contribution >= 4 is 17.5 Å². The van der Waals surface area contributed by atoms with Crippen LogP contribution in [0.5, 0.6) is 5.75 Å². The Morgan fingerprint density at radius 1 is 1.15 bits per heavy atom. The first-order chi connectivity index (χ1) is 19.5. The smallest absolute Gasteiger partial charge is 0.416 e. The van der Waals surface area contributed by atoms with E-state index in [0.29, 0.717) is 36.6 Å². The van der Waals surface area contributed by atoms with Crippen LogP contribution in [-0.4, -0.2) is 65.6 Å². The van der Waals surface area contributed by atoms with Gasteiger partial charge < -0.3 is 20.1 Å². The van der Waals surface area contributed by atoms with Crippen LogP contribution in [0.2, 0.25) is 0 Å². The zero-order valence-corrected chi connectivity index (χ0v) is 23.9. The van der Waals surface area contributed by atoms with E-state index in [9.17, 15) is 27.9 Å². The third-order valence-electron chi connectivity index (χ3n) is 8.13. The largest absolute Gasteiger partial charge is 0.488 e. The number of amides is 2. The van der Waals surface area contributed by atoms with Gasteiger partial charge in [-0.1, -0.05) is 38.3 Å². The summed E-state index contributed by atoms with van der Waals surface area (Å²) in [5, 5.41) is 12.9. The van der Waals surface area contributed by atoms with Crippen molar-refractivity contribution < 1.29 is 32.6 Å². The van der Waals surface area contributed by atoms with Crippen molar-refractivity contribution in [3.05, 3.63) is 59.2 Å². The van der Waals surface area contributed by atoms with Crippen LogP contribution in [-0.2, 0) is 17.5 Å². The van der Waals surface area contributed by atoms with Gasteiger partial charge in [-0.15, -0.1) is 0 Å². The molecule has 224 valence electrons. The third-order valence-corrected chi connectivity index (χ3v) is 8.13. The second-order valence-corrected chi connectivity index (χ2v) is 11.5. The predicted octanol–water partition coefficient (Wildman–Crippen LogP) is 5.58. The van der Waals surface area contributed by atoms with Crippen molar-refractivity contribution in [3.8, 4) is 5.75 Å². The van der Waals surface area contributed by atoms with Crippen molar-refractivity contribution in [3.63, 3.8) is 0 Å². The molecular weight excluding hydrogens is 535 g/mol. The maximum absolute atomic E-state index is 13.7. The molecule has 2 aromatic carbocycles. The number of fused-ring (bicyclic) bond motifs is 1. The van der Waals surface area contributed by atoms with Crippen molar-refractivity contribution in [2.75, 3.05) is 32.1 Å². The highest BCUT2D eigenvalue weighted by atomic mass is 19.4. The highest BCUT2D eigenvalue weighted by Crippen LogP contribution is 2.32. The second-order valence-electron chi connectivity index (χ2n) is 11.5. The maximum atomic E-state index is 13.7. The first-order valence-electron chi connectivity index (χ1n) is 14.3. The summed E-state index contributed by atoms with van der Waals surface area (Å²) in [6.07, 6.45) is 0.211. The molecule has 2 amide bonds. The summed E-state index contributed by atoms with van der Waals surface area (Å²) in [5.74, 6) is -0.0734. The van der Waals surface area contributed by atoms with E-state index in [2.05, 4.69) is 5.32 Å². The van der Waals surface area contributed by atoms with Gasteiger partial charge in [0.05, 0.1) is 23.8 Å². The summed E-state index contributed by atoms with van der Waals surface area (Å²) in [5.41, 5.74) is 0.893. The van der Waals surface area contributed by atoms with Crippen LogP contribution in [0.1, 0.15) is 67.4 Å². The molecule has 1 fully saturated rings. The van der Waals surface area contributed by atoms with E-state index in [1.54, 1.807) is 30.0 Å². The number of halogens is 3. The molecule has 0 saturated heterocycles. The molecule has 0 radical (unpaired) electrons. The molecule has 1 aliphatic carbocycles. The first-order valence-corrected chi connectivity index (χ1v) is 14.3. The van der Waals surface area contributed by atoms with Gasteiger partial charge in [0.15, 0.2) is 0 Å². The van der Waals surface area contributed by atoms with Crippen molar-refractivity contribution in [1.29, 1.82) is 0 Å². The fourth-order valence-electron chi connectivity index (χ4n) is 5.61. The Morgan fingerprint density at radius 2 is 1.83 bits per heavy atom. The molecule has 2 aromatic rings. The topological polar surface area (TPSA) is 82.1 Å². The van der Waals surface area contributed by atoms with E-state index in [1.165, 1.54) is 12.1 Å². The molecule has 2 N–H and O–H groups in total. The minimum Gasteiger partial charge on any atom is -0.488 e. The Kier molecular flexibility index (Phi) is 9.96. The van der Waals surface area contributed by atoms with Crippen LogP contribution < -0.4 is 10.1 Å². The molecule has 41 heavy (non-hydrogen) atoms. The van der Waals surface area contributed by atoms with Gasteiger partial charge in [-0.2, -0.15) is 13.2 Å². The molecule has 0 spiro atoms. The highest BCUT2D eigenvalue weighted by molar-refractivity contribution is 6.00. The molecule has 2 aliphatic rings. The van der Waals surface area contributed by atoms with E-state index < -0.39 is 17.8 Å². The van der Waals surface area contributed by atoms with Crippen molar-refractivity contribution in [2.45, 2.75) is 70.8 Å². The Hall–Kier alpha value is -3.11. The molecule has 0 unspecified atom stereocenters. The van der Waals surface area contributed by atoms with Gasteiger partial charge in [0.2, 0.25) is 5.91 Å². The summed E-state index contributed by atoms with van der Waals surface area (Å²) in [6, 6.07) is 9.77. The van der Waals surface area contributed by atoms with Gasteiger partial charge in [0.25, 0.3) is 5.91 Å². The van der Waals surface area contributed by atoms with Crippen LogP contribution in [0.3, 0.4) is 0 Å². The number of carbonyl (C=O) groups excluding carboxylic acids is 2. The van der Waals surface area contributed by atoms with E-state index in [4.69, 9.17) is 4.74 Å². The number of hydrogen-bond acceptors (Lipinski definition) is 5. The number of anilines is 1. The number of hydrogen-bond donors (Lipinski definition) is 2. The van der Waals surface area contributed by atoms with Gasteiger partial charge in [-0.3, -0.25) is 14.5 Å². The lowest BCUT2D eigenvalue weighted by Crippen LogP contribution is -2.49. The number of carbonyl (C=O) groups is 2. The average Bonchev–Trinajstić information content (AvgIpc) is 2.95. The molecule has 4 rings (SSSR count). The molecule has 3 atom stereocenters. The monoisotopic (exact) mass is 575 g/mol. The number of nitrogens with zero attached hydrogens (tertiary/aromatic N) is 2. The lowest BCUT2D eigenvalue weighted by molar-refractivity contribution is -0.137. The third kappa shape index (κ3) is 7.80. The maximum Gasteiger partial charge on any atom is 0.416 e.